The van der Waals surface area contributed by atoms with Crippen molar-refractivity contribution in [3.63, 3.8) is 0 Å². The molecular formula is C27H30N7OP. The van der Waals surface area contributed by atoms with Crippen LogP contribution in [0.15, 0.2) is 70.6 Å². The lowest BCUT2D eigenvalue weighted by molar-refractivity contribution is 0.277. The molecule has 1 unspecified atom stereocenters. The number of aryl methyl sites for hydroxylation is 2. The highest BCUT2D eigenvalue weighted by Gasteiger charge is 2.12. The summed E-state index contributed by atoms with van der Waals surface area (Å²) in [4.78, 5) is 13.4. The molecule has 4 rings (SSSR count). The van der Waals surface area contributed by atoms with Gasteiger partial charge in [-0.25, -0.2) is 15.0 Å². The maximum Gasteiger partial charge on any atom is 0.154 e. The Bertz CT molecular complexity index is 1400. The first-order valence-electron chi connectivity index (χ1n) is 11.6. The Morgan fingerprint density at radius 1 is 0.861 bits per heavy atom. The van der Waals surface area contributed by atoms with Gasteiger partial charge in [-0.05, 0) is 55.1 Å². The van der Waals surface area contributed by atoms with E-state index < -0.39 is 7.53 Å². The van der Waals surface area contributed by atoms with Crippen LogP contribution in [0.1, 0.15) is 33.6 Å². The number of hydrogen-bond donors (Lipinski definition) is 1. The van der Waals surface area contributed by atoms with Gasteiger partial charge in [-0.3, -0.25) is 10.0 Å². The summed E-state index contributed by atoms with van der Waals surface area (Å²) in [5.41, 5.74) is 3.82. The second-order valence-corrected chi connectivity index (χ2v) is 10.4. The average molecular weight is 500 g/mol. The molecule has 4 aromatic rings. The van der Waals surface area contributed by atoms with Crippen LogP contribution in [0, 0.1) is 20.8 Å². The number of rotatable bonds is 8. The third kappa shape index (κ3) is 5.85. The van der Waals surface area contributed by atoms with E-state index in [4.69, 9.17) is 5.10 Å². The standard InChI is InChI=1S/C27H30N7OP/c1-19-18-36(24-12-7-6-8-13-24)25(20(19)2)16-29-34(5)27-14-26(30-21(3)31-27)33(4)28-15-22-10-9-11-23(17-35)32-22/h6-16,18,35H,17H2,1-5H3/b28-15+,29-16+. The molecule has 0 bridgehead atoms. The van der Waals surface area contributed by atoms with Crippen LogP contribution >= 0.6 is 7.53 Å². The number of aromatic nitrogens is 3. The topological polar surface area (TPSA) is 90.1 Å². The van der Waals surface area contributed by atoms with Crippen LogP contribution in [0.2, 0.25) is 0 Å². The smallest absolute Gasteiger partial charge is 0.154 e. The number of benzene rings is 1. The van der Waals surface area contributed by atoms with E-state index in [-0.39, 0.29) is 6.61 Å². The molecule has 3 heterocycles. The molecule has 36 heavy (non-hydrogen) atoms. The van der Waals surface area contributed by atoms with Gasteiger partial charge in [0.1, 0.15) is 5.82 Å². The number of aliphatic hydroxyl groups is 1. The number of hydrazone groups is 2. The van der Waals surface area contributed by atoms with Crippen molar-refractivity contribution in [2.24, 2.45) is 10.2 Å². The molecule has 0 saturated heterocycles. The lowest BCUT2D eigenvalue weighted by atomic mass is 10.2. The molecule has 0 radical (unpaired) electrons. The predicted molar refractivity (Wildman–Crippen MR) is 149 cm³/mol. The Labute approximate surface area is 212 Å². The fourth-order valence-corrected chi connectivity index (χ4v) is 5.99. The van der Waals surface area contributed by atoms with E-state index in [9.17, 15) is 5.11 Å². The molecule has 1 aromatic carbocycles. The highest BCUT2D eigenvalue weighted by molar-refractivity contribution is 7.58. The molecule has 184 valence electrons. The third-order valence-corrected chi connectivity index (χ3v) is 8.24. The molecule has 1 atom stereocenters. The van der Waals surface area contributed by atoms with Crippen molar-refractivity contribution < 1.29 is 5.11 Å². The predicted octanol–water partition coefficient (Wildman–Crippen LogP) is 5.21. The molecule has 0 aliphatic carbocycles. The monoisotopic (exact) mass is 499 g/mol. The zero-order valence-corrected chi connectivity index (χ0v) is 22.1. The lowest BCUT2D eigenvalue weighted by Crippen LogP contribution is -2.16. The van der Waals surface area contributed by atoms with E-state index in [0.29, 0.717) is 28.8 Å². The minimum Gasteiger partial charge on any atom is -0.390 e. The average Bonchev–Trinajstić information content (AvgIpc) is 3.19. The maximum absolute atomic E-state index is 9.29. The lowest BCUT2D eigenvalue weighted by Gasteiger charge is -2.17. The minimum atomic E-state index is -0.576. The van der Waals surface area contributed by atoms with E-state index in [2.05, 4.69) is 64.0 Å². The highest BCUT2D eigenvalue weighted by Crippen LogP contribution is 2.46. The zero-order chi connectivity index (χ0) is 25.7. The van der Waals surface area contributed by atoms with Gasteiger partial charge in [-0.2, -0.15) is 10.2 Å². The minimum absolute atomic E-state index is 0.113. The van der Waals surface area contributed by atoms with Crippen LogP contribution in [0.4, 0.5) is 11.6 Å². The van der Waals surface area contributed by atoms with Gasteiger partial charge in [0.05, 0.1) is 30.4 Å². The first-order valence-corrected chi connectivity index (χ1v) is 13.0. The molecular weight excluding hydrogens is 469 g/mol. The largest absolute Gasteiger partial charge is 0.390 e. The number of aliphatic hydroxyl groups excluding tert-OH is 1. The van der Waals surface area contributed by atoms with Crippen LogP contribution in [0.3, 0.4) is 0 Å². The van der Waals surface area contributed by atoms with Crippen molar-refractivity contribution in [3.05, 3.63) is 94.0 Å². The molecule has 0 aliphatic heterocycles. The van der Waals surface area contributed by atoms with E-state index >= 15 is 0 Å². The molecule has 1 N–H and O–H groups in total. The highest BCUT2D eigenvalue weighted by atomic mass is 31.1. The van der Waals surface area contributed by atoms with Gasteiger partial charge in [-0.15, -0.1) is 0 Å². The normalized spacial score (nSPS) is 12.0. The van der Waals surface area contributed by atoms with Gasteiger partial charge < -0.3 is 5.11 Å². The molecule has 8 nitrogen and oxygen atoms in total. The van der Waals surface area contributed by atoms with Gasteiger partial charge in [0.15, 0.2) is 11.6 Å². The second kappa shape index (κ2) is 11.2. The van der Waals surface area contributed by atoms with E-state index in [0.717, 1.165) is 0 Å². The molecule has 0 saturated carbocycles. The second-order valence-electron chi connectivity index (χ2n) is 8.41. The van der Waals surface area contributed by atoms with Crippen LogP contribution in [0.5, 0.6) is 0 Å². The molecule has 0 aliphatic rings. The first kappa shape index (κ1) is 25.2. The van der Waals surface area contributed by atoms with E-state index in [1.54, 1.807) is 22.3 Å². The summed E-state index contributed by atoms with van der Waals surface area (Å²) in [7, 11) is 3.12. The Morgan fingerprint density at radius 2 is 1.53 bits per heavy atom. The fraction of sp³-hybridized carbons (Fsp3) is 0.222. The number of pyridine rings is 1. The van der Waals surface area contributed by atoms with E-state index in [1.807, 2.05) is 51.5 Å². The number of anilines is 2. The number of hydrogen-bond acceptors (Lipinski definition) is 8. The Morgan fingerprint density at radius 3 is 2.19 bits per heavy atom. The van der Waals surface area contributed by atoms with Crippen molar-refractivity contribution in [3.8, 4) is 5.30 Å². The summed E-state index contributed by atoms with van der Waals surface area (Å²) < 4.78 is 0. The molecule has 3 aromatic heterocycles. The summed E-state index contributed by atoms with van der Waals surface area (Å²) in [6, 6.07) is 17.8. The quantitative estimate of drug-likeness (QED) is 0.265. The van der Waals surface area contributed by atoms with Crippen molar-refractivity contribution in [2.75, 3.05) is 24.1 Å². The third-order valence-electron chi connectivity index (χ3n) is 5.77. The van der Waals surface area contributed by atoms with Gasteiger partial charge in [0, 0.05) is 25.5 Å². The van der Waals surface area contributed by atoms with Gasteiger partial charge in [0.2, 0.25) is 0 Å². The van der Waals surface area contributed by atoms with Gasteiger partial charge in [0.25, 0.3) is 0 Å². The summed E-state index contributed by atoms with van der Waals surface area (Å²) in [5, 5.41) is 24.5. The molecule has 9 heteroatoms. The SMILES string of the molecule is Cc1nc(N(C)/N=C/c2cccc(CO)n2)cc(N(C)/N=C/c2c(C)c(C)cp2-c2ccccc2)n1. The zero-order valence-electron chi connectivity index (χ0n) is 21.2. The van der Waals surface area contributed by atoms with Gasteiger partial charge >= 0.3 is 0 Å². The first-order chi connectivity index (χ1) is 17.4. The van der Waals surface area contributed by atoms with Crippen molar-refractivity contribution in [1.82, 2.24) is 15.0 Å². The van der Waals surface area contributed by atoms with Crippen LogP contribution in [0.25, 0.3) is 5.30 Å². The number of nitrogens with zero attached hydrogens (tertiary/aromatic N) is 7. The molecule has 0 amide bonds. The fourth-order valence-electron chi connectivity index (χ4n) is 3.64. The Balaban J connectivity index is 1.57. The Kier molecular flexibility index (Phi) is 7.88. The van der Waals surface area contributed by atoms with Gasteiger partial charge in [-0.1, -0.05) is 43.9 Å². The summed E-state index contributed by atoms with van der Waals surface area (Å²) in [6.07, 6.45) is 3.59. The van der Waals surface area contributed by atoms with Crippen molar-refractivity contribution in [2.45, 2.75) is 27.4 Å². The van der Waals surface area contributed by atoms with Crippen LogP contribution < -0.4 is 10.0 Å². The molecule has 0 fully saturated rings. The van der Waals surface area contributed by atoms with Crippen molar-refractivity contribution in [1.29, 1.82) is 0 Å². The summed E-state index contributed by atoms with van der Waals surface area (Å²) >= 11 is 0. The molecule has 0 spiro atoms. The summed E-state index contributed by atoms with van der Waals surface area (Å²) in [5.74, 6) is 4.27. The Hall–Kier alpha value is -3.87. The van der Waals surface area contributed by atoms with Crippen molar-refractivity contribution >= 4 is 31.6 Å². The summed E-state index contributed by atoms with van der Waals surface area (Å²) in [6.45, 7) is 6.05. The van der Waals surface area contributed by atoms with Crippen LogP contribution in [-0.4, -0.2) is 46.6 Å². The van der Waals surface area contributed by atoms with Crippen LogP contribution in [-0.2, 0) is 6.61 Å². The maximum atomic E-state index is 9.29. The van der Waals surface area contributed by atoms with E-state index in [1.165, 1.54) is 21.7 Å².